The molecule has 0 aromatic heterocycles. The van der Waals surface area contributed by atoms with Gasteiger partial charge in [0, 0.05) is 19.3 Å². The fourth-order valence-corrected chi connectivity index (χ4v) is 5.48. The third-order valence-corrected chi connectivity index (χ3v) is 8.37. The number of hydrogen-bond donors (Lipinski definition) is 3. The van der Waals surface area contributed by atoms with E-state index in [-0.39, 0.29) is 6.42 Å². The Bertz CT molecular complexity index is 1240. The van der Waals surface area contributed by atoms with Crippen molar-refractivity contribution in [3.8, 4) is 5.75 Å². The molecule has 0 unspecified atom stereocenters. The largest absolute Gasteiger partial charge is 0.494 e. The van der Waals surface area contributed by atoms with Crippen molar-refractivity contribution in [1.82, 2.24) is 5.32 Å². The standard InChI is InChI=1S/C40H63NO10/c1-7-9-11-14-17-20-31(42)21-18-15-12-13-16-19-22-33(40(48,29-35(43)44)38(47)51-39(3,4)5)36(45)41-34(37(46)49-6)28-30-23-25-32(26-24-30)50-27-10-8-2/h19,22-26,33-34,48H,7-18,20-21,27-29H2,1-6H3,(H,41,45)(H,43,44)/b22-19+/t33-,34+,40+/m1/s1. The predicted octanol–water partition coefficient (Wildman–Crippen LogP) is 7.06. The normalized spacial score (nSPS) is 13.9. The highest BCUT2D eigenvalue weighted by Gasteiger charge is 2.51. The van der Waals surface area contributed by atoms with E-state index in [0.717, 1.165) is 44.9 Å². The minimum atomic E-state index is -2.78. The third kappa shape index (κ3) is 18.9. The van der Waals surface area contributed by atoms with Crippen molar-refractivity contribution in [2.24, 2.45) is 5.92 Å². The van der Waals surface area contributed by atoms with Gasteiger partial charge in [0.05, 0.1) is 26.1 Å². The van der Waals surface area contributed by atoms with Crippen molar-refractivity contribution in [2.75, 3.05) is 13.7 Å². The van der Waals surface area contributed by atoms with Crippen LogP contribution in [0.5, 0.6) is 5.75 Å². The van der Waals surface area contributed by atoms with Crippen LogP contribution in [0.1, 0.15) is 136 Å². The molecule has 0 aliphatic carbocycles. The summed E-state index contributed by atoms with van der Waals surface area (Å²) in [7, 11) is 1.18. The van der Waals surface area contributed by atoms with E-state index in [1.165, 1.54) is 32.4 Å². The molecule has 3 atom stereocenters. The van der Waals surface area contributed by atoms with Crippen LogP contribution in [0.4, 0.5) is 0 Å². The average Bonchev–Trinajstić information content (AvgIpc) is 3.06. The molecule has 3 N–H and O–H groups in total. The zero-order valence-corrected chi connectivity index (χ0v) is 31.8. The molecule has 11 heteroatoms. The molecule has 0 aliphatic rings. The molecule has 0 radical (unpaired) electrons. The highest BCUT2D eigenvalue weighted by atomic mass is 16.6. The van der Waals surface area contributed by atoms with Gasteiger partial charge in [-0.1, -0.05) is 83.1 Å². The number of unbranched alkanes of at least 4 members (excludes halogenated alkanes) is 9. The summed E-state index contributed by atoms with van der Waals surface area (Å²) >= 11 is 0. The summed E-state index contributed by atoms with van der Waals surface area (Å²) in [4.78, 5) is 64.2. The number of carboxylic acid groups (broad SMARTS) is 1. The number of nitrogens with one attached hydrogen (secondary N) is 1. The topological polar surface area (TPSA) is 166 Å². The number of allylic oxidation sites excluding steroid dienone is 1. The molecule has 0 bridgehead atoms. The number of carbonyl (C=O) groups is 5. The maximum absolute atomic E-state index is 13.9. The van der Waals surface area contributed by atoms with Gasteiger partial charge in [-0.15, -0.1) is 0 Å². The van der Waals surface area contributed by atoms with E-state index in [1.807, 2.05) is 0 Å². The molecular weight excluding hydrogens is 654 g/mol. The van der Waals surface area contributed by atoms with Crippen LogP contribution in [0.2, 0.25) is 0 Å². The summed E-state index contributed by atoms with van der Waals surface area (Å²) in [5.41, 5.74) is -3.19. The number of ether oxygens (including phenoxy) is 3. The lowest BCUT2D eigenvalue weighted by atomic mass is 9.82. The number of methoxy groups -OCH3 is 1. The van der Waals surface area contributed by atoms with E-state index >= 15 is 0 Å². The Morgan fingerprint density at radius 3 is 1.98 bits per heavy atom. The van der Waals surface area contributed by atoms with Gasteiger partial charge < -0.3 is 29.7 Å². The Labute approximate surface area is 304 Å². The van der Waals surface area contributed by atoms with E-state index < -0.39 is 53.4 Å². The minimum Gasteiger partial charge on any atom is -0.494 e. The summed E-state index contributed by atoms with van der Waals surface area (Å²) in [6.07, 6.45) is 14.2. The van der Waals surface area contributed by atoms with Crippen LogP contribution in [0.3, 0.4) is 0 Å². The van der Waals surface area contributed by atoms with Gasteiger partial charge in [-0.05, 0) is 70.6 Å². The van der Waals surface area contributed by atoms with Crippen LogP contribution in [0.15, 0.2) is 36.4 Å². The van der Waals surface area contributed by atoms with Crippen LogP contribution in [-0.2, 0) is 39.9 Å². The number of carboxylic acids is 1. The number of aliphatic hydroxyl groups is 1. The Balaban J connectivity index is 3.08. The number of hydrogen-bond acceptors (Lipinski definition) is 9. The Hall–Kier alpha value is -3.73. The van der Waals surface area contributed by atoms with Gasteiger partial charge in [0.15, 0.2) is 5.60 Å². The quantitative estimate of drug-likeness (QED) is 0.0488. The summed E-state index contributed by atoms with van der Waals surface area (Å²) in [6, 6.07) is 5.82. The minimum absolute atomic E-state index is 0.0231. The van der Waals surface area contributed by atoms with Crippen molar-refractivity contribution in [1.29, 1.82) is 0 Å². The molecule has 0 aliphatic heterocycles. The fraction of sp³-hybridized carbons (Fsp3) is 0.675. The van der Waals surface area contributed by atoms with Crippen molar-refractivity contribution >= 4 is 29.6 Å². The molecule has 0 fully saturated rings. The van der Waals surface area contributed by atoms with Crippen molar-refractivity contribution < 1.29 is 48.4 Å². The molecule has 1 amide bonds. The maximum atomic E-state index is 13.9. The van der Waals surface area contributed by atoms with Crippen molar-refractivity contribution in [3.63, 3.8) is 0 Å². The van der Waals surface area contributed by atoms with Crippen molar-refractivity contribution in [2.45, 2.75) is 155 Å². The van der Waals surface area contributed by atoms with Gasteiger partial charge in [0.1, 0.15) is 23.2 Å². The second-order valence-corrected chi connectivity index (χ2v) is 14.2. The van der Waals surface area contributed by atoms with Gasteiger partial charge in [-0.3, -0.25) is 14.4 Å². The fourth-order valence-electron chi connectivity index (χ4n) is 5.48. The first-order valence-electron chi connectivity index (χ1n) is 18.6. The maximum Gasteiger partial charge on any atom is 0.340 e. The molecule has 1 rings (SSSR count). The SMILES string of the molecule is CCCCCCCC(=O)CCCCCC/C=C/[C@H](C(=O)N[C@@H](Cc1ccc(OCCCC)cc1)C(=O)OC)[C@@](O)(CC(=O)O)C(=O)OC(C)(C)C. The second-order valence-electron chi connectivity index (χ2n) is 14.2. The first kappa shape index (κ1) is 45.3. The first-order chi connectivity index (χ1) is 24.2. The number of aliphatic carboxylic acids is 1. The number of carbonyl (C=O) groups excluding carboxylic acids is 4. The number of benzene rings is 1. The number of rotatable bonds is 27. The highest BCUT2D eigenvalue weighted by molar-refractivity contribution is 5.95. The molecular formula is C40H63NO10. The van der Waals surface area contributed by atoms with Gasteiger partial charge in [-0.2, -0.15) is 0 Å². The summed E-state index contributed by atoms with van der Waals surface area (Å²) in [6.45, 7) is 9.48. The molecule has 0 saturated heterocycles. The average molecular weight is 718 g/mol. The molecule has 1 aromatic rings. The van der Waals surface area contributed by atoms with E-state index in [4.69, 9.17) is 14.2 Å². The molecule has 51 heavy (non-hydrogen) atoms. The van der Waals surface area contributed by atoms with E-state index in [0.29, 0.717) is 49.4 Å². The summed E-state index contributed by atoms with van der Waals surface area (Å²) < 4.78 is 16.0. The molecule has 0 heterocycles. The Morgan fingerprint density at radius 1 is 0.843 bits per heavy atom. The predicted molar refractivity (Wildman–Crippen MR) is 196 cm³/mol. The van der Waals surface area contributed by atoms with Crippen LogP contribution in [-0.4, -0.2) is 70.8 Å². The number of amides is 1. The zero-order valence-electron chi connectivity index (χ0n) is 31.8. The van der Waals surface area contributed by atoms with Gasteiger partial charge in [-0.25, -0.2) is 9.59 Å². The smallest absolute Gasteiger partial charge is 0.340 e. The molecule has 11 nitrogen and oxygen atoms in total. The van der Waals surface area contributed by atoms with E-state index in [1.54, 1.807) is 51.1 Å². The monoisotopic (exact) mass is 717 g/mol. The lowest BCUT2D eigenvalue weighted by Gasteiger charge is -2.34. The summed E-state index contributed by atoms with van der Waals surface area (Å²) in [5, 5.41) is 23.9. The molecule has 0 saturated carbocycles. The summed E-state index contributed by atoms with van der Waals surface area (Å²) in [5.74, 6) is -5.25. The van der Waals surface area contributed by atoms with Gasteiger partial charge in [0.2, 0.25) is 5.91 Å². The van der Waals surface area contributed by atoms with Crippen LogP contribution >= 0.6 is 0 Å². The van der Waals surface area contributed by atoms with Crippen LogP contribution in [0.25, 0.3) is 0 Å². The Kier molecular flexibility index (Phi) is 21.7. The Morgan fingerprint density at radius 2 is 1.43 bits per heavy atom. The van der Waals surface area contributed by atoms with Crippen molar-refractivity contribution in [3.05, 3.63) is 42.0 Å². The molecule has 1 aromatic carbocycles. The molecule has 288 valence electrons. The van der Waals surface area contributed by atoms with Crippen LogP contribution in [0, 0.1) is 5.92 Å². The number of ketones is 1. The van der Waals surface area contributed by atoms with Gasteiger partial charge >= 0.3 is 17.9 Å². The first-order valence-corrected chi connectivity index (χ1v) is 18.6. The molecule has 0 spiro atoms. The number of esters is 2. The van der Waals surface area contributed by atoms with E-state index in [2.05, 4.69) is 19.2 Å². The van der Waals surface area contributed by atoms with E-state index in [9.17, 15) is 34.2 Å². The van der Waals surface area contributed by atoms with Crippen LogP contribution < -0.4 is 10.1 Å². The second kappa shape index (κ2) is 24.5. The third-order valence-electron chi connectivity index (χ3n) is 8.37. The number of Topliss-reactive ketones (excluding diaryl/α,β-unsaturated/α-hetero) is 1. The lowest BCUT2D eigenvalue weighted by Crippen LogP contribution is -2.57. The zero-order chi connectivity index (χ0) is 38.3. The highest BCUT2D eigenvalue weighted by Crippen LogP contribution is 2.29. The van der Waals surface area contributed by atoms with Gasteiger partial charge in [0.25, 0.3) is 0 Å². The lowest BCUT2D eigenvalue weighted by molar-refractivity contribution is -0.187.